The van der Waals surface area contributed by atoms with Crippen molar-refractivity contribution in [2.45, 2.75) is 24.4 Å². The molecule has 1 N–H and O–H groups in total. The highest BCUT2D eigenvalue weighted by Crippen LogP contribution is 2.21. The standard InChI is InChI=1S/C23H22ClFN2O3S/c1-17(19-5-3-2-4-6-19)26-23(28)16-27(15-18-7-11-21(25)12-8-18)31(29,30)22-13-9-20(24)10-14-22/h2-14,17H,15-16H2,1H3,(H,26,28). The van der Waals surface area contributed by atoms with Crippen molar-refractivity contribution < 1.29 is 17.6 Å². The van der Waals surface area contributed by atoms with Gasteiger partial charge in [-0.1, -0.05) is 54.1 Å². The Kier molecular flexibility index (Phi) is 7.43. The van der Waals surface area contributed by atoms with E-state index in [9.17, 15) is 17.6 Å². The fourth-order valence-electron chi connectivity index (χ4n) is 3.05. The Bertz CT molecular complexity index is 1120. The largest absolute Gasteiger partial charge is 0.348 e. The maximum absolute atomic E-state index is 13.3. The number of hydrogen-bond acceptors (Lipinski definition) is 3. The molecule has 0 aliphatic carbocycles. The highest BCUT2D eigenvalue weighted by Gasteiger charge is 2.27. The van der Waals surface area contributed by atoms with Gasteiger partial charge < -0.3 is 5.32 Å². The summed E-state index contributed by atoms with van der Waals surface area (Å²) in [6, 6.07) is 20.3. The number of amides is 1. The molecule has 3 rings (SSSR count). The lowest BCUT2D eigenvalue weighted by Gasteiger charge is -2.23. The molecule has 3 aromatic rings. The Morgan fingerprint density at radius 1 is 1.00 bits per heavy atom. The van der Waals surface area contributed by atoms with Crippen LogP contribution >= 0.6 is 11.6 Å². The fraction of sp³-hybridized carbons (Fsp3) is 0.174. The van der Waals surface area contributed by atoms with Crippen LogP contribution in [0.4, 0.5) is 4.39 Å². The SMILES string of the molecule is CC(NC(=O)CN(Cc1ccc(F)cc1)S(=O)(=O)c1ccc(Cl)cc1)c1ccccc1. The summed E-state index contributed by atoms with van der Waals surface area (Å²) in [5.41, 5.74) is 1.46. The van der Waals surface area contributed by atoms with Crippen molar-refractivity contribution in [1.82, 2.24) is 9.62 Å². The summed E-state index contributed by atoms with van der Waals surface area (Å²) in [6.45, 7) is 1.35. The van der Waals surface area contributed by atoms with Gasteiger partial charge in [-0.25, -0.2) is 12.8 Å². The third-order valence-electron chi connectivity index (χ3n) is 4.72. The minimum absolute atomic E-state index is 0.0166. The number of benzene rings is 3. The molecule has 0 aliphatic rings. The van der Waals surface area contributed by atoms with E-state index in [1.165, 1.54) is 48.5 Å². The van der Waals surface area contributed by atoms with Crippen molar-refractivity contribution in [3.8, 4) is 0 Å². The van der Waals surface area contributed by atoms with E-state index in [2.05, 4.69) is 5.32 Å². The lowest BCUT2D eigenvalue weighted by molar-refractivity contribution is -0.122. The first kappa shape index (κ1) is 22.9. The molecule has 0 spiro atoms. The van der Waals surface area contributed by atoms with E-state index in [1.54, 1.807) is 0 Å². The Balaban J connectivity index is 1.83. The van der Waals surface area contributed by atoms with E-state index < -0.39 is 21.7 Å². The average Bonchev–Trinajstić information content (AvgIpc) is 2.75. The third-order valence-corrected chi connectivity index (χ3v) is 6.78. The van der Waals surface area contributed by atoms with E-state index >= 15 is 0 Å². The molecule has 0 fully saturated rings. The molecule has 8 heteroatoms. The van der Waals surface area contributed by atoms with Crippen LogP contribution in [0, 0.1) is 5.82 Å². The average molecular weight is 461 g/mol. The topological polar surface area (TPSA) is 66.5 Å². The monoisotopic (exact) mass is 460 g/mol. The molecule has 0 aliphatic heterocycles. The number of nitrogens with one attached hydrogen (secondary N) is 1. The van der Waals surface area contributed by atoms with Crippen LogP contribution in [-0.2, 0) is 21.4 Å². The van der Waals surface area contributed by atoms with Gasteiger partial charge in [-0.05, 0) is 54.4 Å². The second-order valence-corrected chi connectivity index (χ2v) is 9.43. The van der Waals surface area contributed by atoms with Crippen molar-refractivity contribution in [3.63, 3.8) is 0 Å². The molecule has 0 saturated heterocycles. The molecular weight excluding hydrogens is 439 g/mol. The van der Waals surface area contributed by atoms with Crippen molar-refractivity contribution in [1.29, 1.82) is 0 Å². The Hall–Kier alpha value is -2.74. The molecule has 1 atom stereocenters. The van der Waals surface area contributed by atoms with Crippen LogP contribution in [0.5, 0.6) is 0 Å². The minimum atomic E-state index is -4.00. The summed E-state index contributed by atoms with van der Waals surface area (Å²) in [7, 11) is -4.00. The molecule has 5 nitrogen and oxygen atoms in total. The number of sulfonamides is 1. The van der Waals surface area contributed by atoms with E-state index in [0.717, 1.165) is 9.87 Å². The van der Waals surface area contributed by atoms with Crippen LogP contribution in [0.1, 0.15) is 24.1 Å². The molecular formula is C23H22ClFN2O3S. The van der Waals surface area contributed by atoms with E-state index in [0.29, 0.717) is 10.6 Å². The second-order valence-electron chi connectivity index (χ2n) is 7.05. The Labute approximate surface area is 186 Å². The molecule has 1 unspecified atom stereocenters. The van der Waals surface area contributed by atoms with E-state index in [1.807, 2.05) is 37.3 Å². The van der Waals surface area contributed by atoms with Gasteiger partial charge >= 0.3 is 0 Å². The van der Waals surface area contributed by atoms with E-state index in [4.69, 9.17) is 11.6 Å². The molecule has 0 aromatic heterocycles. The summed E-state index contributed by atoms with van der Waals surface area (Å²) in [5, 5.41) is 3.23. The lowest BCUT2D eigenvalue weighted by atomic mass is 10.1. The van der Waals surface area contributed by atoms with Gasteiger partial charge in [0.1, 0.15) is 5.82 Å². The predicted molar refractivity (Wildman–Crippen MR) is 118 cm³/mol. The first-order chi connectivity index (χ1) is 14.8. The van der Waals surface area contributed by atoms with Gasteiger partial charge in [0, 0.05) is 11.6 Å². The van der Waals surface area contributed by atoms with Crippen LogP contribution in [0.3, 0.4) is 0 Å². The maximum atomic E-state index is 13.3. The zero-order valence-corrected chi connectivity index (χ0v) is 18.4. The number of carbonyl (C=O) groups is 1. The summed E-state index contributed by atoms with van der Waals surface area (Å²) < 4.78 is 40.8. The summed E-state index contributed by atoms with van der Waals surface area (Å²) in [5.74, 6) is -0.874. The van der Waals surface area contributed by atoms with E-state index in [-0.39, 0.29) is 24.0 Å². The number of rotatable bonds is 8. The number of nitrogens with zero attached hydrogens (tertiary/aromatic N) is 1. The zero-order chi connectivity index (χ0) is 22.4. The van der Waals surface area contributed by atoms with Gasteiger partial charge in [0.2, 0.25) is 15.9 Å². The Morgan fingerprint density at radius 3 is 2.23 bits per heavy atom. The minimum Gasteiger partial charge on any atom is -0.348 e. The summed E-state index contributed by atoms with van der Waals surface area (Å²) in [4.78, 5) is 12.7. The first-order valence-corrected chi connectivity index (χ1v) is 11.4. The Morgan fingerprint density at radius 2 is 1.61 bits per heavy atom. The fourth-order valence-corrected chi connectivity index (χ4v) is 4.56. The van der Waals surface area contributed by atoms with Gasteiger partial charge in [0.25, 0.3) is 0 Å². The van der Waals surface area contributed by atoms with Gasteiger partial charge in [0.15, 0.2) is 0 Å². The molecule has 3 aromatic carbocycles. The molecule has 162 valence electrons. The second kappa shape index (κ2) is 10.0. The normalized spacial score (nSPS) is 12.5. The van der Waals surface area contributed by atoms with Crippen molar-refractivity contribution in [2.24, 2.45) is 0 Å². The van der Waals surface area contributed by atoms with Crippen LogP contribution in [0.2, 0.25) is 5.02 Å². The summed E-state index contributed by atoms with van der Waals surface area (Å²) in [6.07, 6.45) is 0. The maximum Gasteiger partial charge on any atom is 0.243 e. The van der Waals surface area contributed by atoms with Crippen LogP contribution < -0.4 is 5.32 Å². The number of halogens is 2. The molecule has 0 heterocycles. The zero-order valence-electron chi connectivity index (χ0n) is 16.8. The number of carbonyl (C=O) groups excluding carboxylic acids is 1. The van der Waals surface area contributed by atoms with Gasteiger partial charge in [-0.3, -0.25) is 4.79 Å². The van der Waals surface area contributed by atoms with Crippen LogP contribution in [0.15, 0.2) is 83.8 Å². The van der Waals surface area contributed by atoms with Gasteiger partial charge in [-0.2, -0.15) is 4.31 Å². The first-order valence-electron chi connectivity index (χ1n) is 9.60. The predicted octanol–water partition coefficient (Wildman–Crippen LogP) is 4.55. The van der Waals surface area contributed by atoms with Gasteiger partial charge in [-0.15, -0.1) is 0 Å². The molecule has 0 radical (unpaired) electrons. The lowest BCUT2D eigenvalue weighted by Crippen LogP contribution is -2.41. The highest BCUT2D eigenvalue weighted by atomic mass is 35.5. The van der Waals surface area contributed by atoms with Crippen molar-refractivity contribution in [2.75, 3.05) is 6.54 Å². The molecule has 1 amide bonds. The van der Waals surface area contributed by atoms with Crippen LogP contribution in [-0.4, -0.2) is 25.2 Å². The molecule has 31 heavy (non-hydrogen) atoms. The molecule has 0 bridgehead atoms. The highest BCUT2D eigenvalue weighted by molar-refractivity contribution is 7.89. The van der Waals surface area contributed by atoms with Crippen LogP contribution in [0.25, 0.3) is 0 Å². The smallest absolute Gasteiger partial charge is 0.243 e. The van der Waals surface area contributed by atoms with Crippen molar-refractivity contribution >= 4 is 27.5 Å². The number of hydrogen-bond donors (Lipinski definition) is 1. The third kappa shape index (κ3) is 6.13. The molecule has 0 saturated carbocycles. The van der Waals surface area contributed by atoms with Gasteiger partial charge in [0.05, 0.1) is 17.5 Å². The van der Waals surface area contributed by atoms with Crippen molar-refractivity contribution in [3.05, 3.63) is 101 Å². The summed E-state index contributed by atoms with van der Waals surface area (Å²) >= 11 is 5.88. The quantitative estimate of drug-likeness (QED) is 0.536.